The average Bonchev–Trinajstić information content (AvgIpc) is 2.47. The van der Waals surface area contributed by atoms with Crippen molar-refractivity contribution in [2.24, 2.45) is 10.9 Å². The zero-order valence-corrected chi connectivity index (χ0v) is 17.9. The van der Waals surface area contributed by atoms with Gasteiger partial charge in [-0.1, -0.05) is 13.8 Å². The predicted octanol–water partition coefficient (Wildman–Crippen LogP) is 1.16. The van der Waals surface area contributed by atoms with Crippen molar-refractivity contribution in [3.8, 4) is 0 Å². The van der Waals surface area contributed by atoms with E-state index in [4.69, 9.17) is 4.74 Å². The monoisotopic (exact) mass is 464 g/mol. The van der Waals surface area contributed by atoms with Crippen LogP contribution < -0.4 is 15.4 Å². The van der Waals surface area contributed by atoms with Gasteiger partial charge >= 0.3 is 0 Å². The average molecular weight is 464 g/mol. The molecule has 0 aliphatic heterocycles. The number of nitrogens with zero attached hydrogens (tertiary/aromatic N) is 1. The maximum Gasteiger partial charge on any atom is 0.211 e. The highest BCUT2D eigenvalue weighted by Gasteiger charge is 2.04. The first-order chi connectivity index (χ1) is 10.4. The van der Waals surface area contributed by atoms with Crippen LogP contribution in [0.1, 0.15) is 33.6 Å². The van der Waals surface area contributed by atoms with Crippen LogP contribution in [0.4, 0.5) is 0 Å². The summed E-state index contributed by atoms with van der Waals surface area (Å²) < 4.78 is 30.5. The number of halogens is 1. The molecule has 0 aliphatic rings. The number of ether oxygens (including phenoxy) is 1. The van der Waals surface area contributed by atoms with E-state index < -0.39 is 10.0 Å². The Morgan fingerprint density at radius 1 is 1.13 bits per heavy atom. The van der Waals surface area contributed by atoms with Gasteiger partial charge in [-0.3, -0.25) is 4.99 Å². The predicted molar refractivity (Wildman–Crippen MR) is 107 cm³/mol. The summed E-state index contributed by atoms with van der Waals surface area (Å²) in [4.78, 5) is 4.11. The molecule has 0 amide bonds. The molecule has 0 heterocycles. The van der Waals surface area contributed by atoms with Crippen LogP contribution in [0, 0.1) is 5.92 Å². The number of hydrogen-bond acceptors (Lipinski definition) is 4. The van der Waals surface area contributed by atoms with Crippen molar-refractivity contribution in [3.63, 3.8) is 0 Å². The number of nitrogens with one attached hydrogen (secondary N) is 3. The minimum absolute atomic E-state index is 0. The smallest absolute Gasteiger partial charge is 0.211 e. The van der Waals surface area contributed by atoms with Gasteiger partial charge in [0.25, 0.3) is 0 Å². The van der Waals surface area contributed by atoms with E-state index in [1.54, 1.807) is 14.0 Å². The standard InChI is InChI=1S/C14H32N4O3S.HI/c1-5-22(19,20)18-10-6-8-16-14(15-4)17-9-7-11-21-12-13(2)3;/h13,18H,5-12H2,1-4H3,(H2,15,16,17);1H. The molecule has 0 bridgehead atoms. The maximum absolute atomic E-state index is 11.2. The van der Waals surface area contributed by atoms with Crippen LogP contribution >= 0.6 is 24.0 Å². The van der Waals surface area contributed by atoms with Crippen molar-refractivity contribution in [2.75, 3.05) is 45.6 Å². The van der Waals surface area contributed by atoms with E-state index >= 15 is 0 Å². The first kappa shape index (κ1) is 25.1. The Bertz CT molecular complexity index is 403. The molecule has 0 atom stereocenters. The molecule has 0 aromatic rings. The summed E-state index contributed by atoms with van der Waals surface area (Å²) in [6.07, 6.45) is 1.63. The Labute approximate surface area is 158 Å². The molecule has 0 saturated heterocycles. The van der Waals surface area contributed by atoms with Crippen LogP contribution in [0.25, 0.3) is 0 Å². The van der Waals surface area contributed by atoms with Gasteiger partial charge in [0, 0.05) is 39.9 Å². The second-order valence-corrected chi connectivity index (χ2v) is 7.49. The molecule has 0 aromatic heterocycles. The van der Waals surface area contributed by atoms with Crippen LogP contribution in [0.15, 0.2) is 4.99 Å². The molecule has 0 aliphatic carbocycles. The number of aliphatic imine (C=N–C) groups is 1. The fourth-order valence-corrected chi connectivity index (χ4v) is 2.21. The van der Waals surface area contributed by atoms with Crippen molar-refractivity contribution < 1.29 is 13.2 Å². The highest BCUT2D eigenvalue weighted by Crippen LogP contribution is 1.92. The molecule has 0 saturated carbocycles. The van der Waals surface area contributed by atoms with Crippen LogP contribution in [0.5, 0.6) is 0 Å². The third-order valence-corrected chi connectivity index (χ3v) is 4.18. The SMILES string of the molecule is CCS(=O)(=O)NCCCNC(=NC)NCCCOCC(C)C.I. The topological polar surface area (TPSA) is 91.8 Å². The lowest BCUT2D eigenvalue weighted by molar-refractivity contribution is 0.108. The zero-order valence-electron chi connectivity index (χ0n) is 14.7. The molecular formula is C14H33IN4O3S. The largest absolute Gasteiger partial charge is 0.381 e. The Hall–Kier alpha value is -0.130. The van der Waals surface area contributed by atoms with Crippen molar-refractivity contribution in [1.29, 1.82) is 0 Å². The molecule has 7 nitrogen and oxygen atoms in total. The van der Waals surface area contributed by atoms with Crippen LogP contribution in [-0.4, -0.2) is 60.0 Å². The summed E-state index contributed by atoms with van der Waals surface area (Å²) in [7, 11) is -1.38. The van der Waals surface area contributed by atoms with Gasteiger partial charge in [0.05, 0.1) is 5.75 Å². The Morgan fingerprint density at radius 3 is 2.26 bits per heavy atom. The lowest BCUT2D eigenvalue weighted by atomic mass is 10.2. The van der Waals surface area contributed by atoms with Crippen LogP contribution in [0.3, 0.4) is 0 Å². The van der Waals surface area contributed by atoms with E-state index in [1.807, 2.05) is 0 Å². The fourth-order valence-electron chi connectivity index (χ4n) is 1.55. The molecule has 0 fully saturated rings. The van der Waals surface area contributed by atoms with E-state index in [0.29, 0.717) is 25.4 Å². The van der Waals surface area contributed by atoms with Crippen molar-refractivity contribution >= 4 is 40.0 Å². The number of sulfonamides is 1. The van der Waals surface area contributed by atoms with E-state index in [9.17, 15) is 8.42 Å². The Morgan fingerprint density at radius 2 is 1.74 bits per heavy atom. The van der Waals surface area contributed by atoms with Crippen molar-refractivity contribution in [3.05, 3.63) is 0 Å². The third-order valence-electron chi connectivity index (χ3n) is 2.78. The highest BCUT2D eigenvalue weighted by molar-refractivity contribution is 14.0. The van der Waals surface area contributed by atoms with Gasteiger partial charge in [0.15, 0.2) is 5.96 Å². The molecule has 0 aromatic carbocycles. The minimum Gasteiger partial charge on any atom is -0.381 e. The summed E-state index contributed by atoms with van der Waals surface area (Å²) in [6.45, 7) is 9.30. The molecule has 140 valence electrons. The zero-order chi connectivity index (χ0) is 16.8. The van der Waals surface area contributed by atoms with Gasteiger partial charge < -0.3 is 15.4 Å². The van der Waals surface area contributed by atoms with E-state index in [1.165, 1.54) is 0 Å². The van der Waals surface area contributed by atoms with E-state index in [-0.39, 0.29) is 29.7 Å². The molecule has 0 rings (SSSR count). The summed E-state index contributed by atoms with van der Waals surface area (Å²) in [5.41, 5.74) is 0. The quantitative estimate of drug-likeness (QED) is 0.175. The molecule has 0 radical (unpaired) electrons. The molecule has 23 heavy (non-hydrogen) atoms. The first-order valence-electron chi connectivity index (χ1n) is 7.91. The summed E-state index contributed by atoms with van der Waals surface area (Å²) in [6, 6.07) is 0. The molecule has 0 spiro atoms. The molecular weight excluding hydrogens is 431 g/mol. The third kappa shape index (κ3) is 16.5. The second-order valence-electron chi connectivity index (χ2n) is 5.40. The van der Waals surface area contributed by atoms with Crippen LogP contribution in [0.2, 0.25) is 0 Å². The molecule has 3 N–H and O–H groups in total. The van der Waals surface area contributed by atoms with Gasteiger partial charge in [0.1, 0.15) is 0 Å². The minimum atomic E-state index is -3.09. The van der Waals surface area contributed by atoms with Gasteiger partial charge in [-0.05, 0) is 25.7 Å². The van der Waals surface area contributed by atoms with Gasteiger partial charge in [0.2, 0.25) is 10.0 Å². The fraction of sp³-hybridized carbons (Fsp3) is 0.929. The van der Waals surface area contributed by atoms with Crippen molar-refractivity contribution in [1.82, 2.24) is 15.4 Å². The lowest BCUT2D eigenvalue weighted by Crippen LogP contribution is -2.39. The van der Waals surface area contributed by atoms with Crippen LogP contribution in [-0.2, 0) is 14.8 Å². The lowest BCUT2D eigenvalue weighted by Gasteiger charge is -2.12. The van der Waals surface area contributed by atoms with E-state index in [2.05, 4.69) is 34.2 Å². The van der Waals surface area contributed by atoms with E-state index in [0.717, 1.165) is 32.1 Å². The molecule has 9 heteroatoms. The van der Waals surface area contributed by atoms with Gasteiger partial charge in [-0.25, -0.2) is 13.1 Å². The summed E-state index contributed by atoms with van der Waals surface area (Å²) in [5.74, 6) is 1.40. The number of guanidine groups is 1. The highest BCUT2D eigenvalue weighted by atomic mass is 127. The number of hydrogen-bond donors (Lipinski definition) is 3. The summed E-state index contributed by atoms with van der Waals surface area (Å²) in [5, 5.41) is 6.34. The van der Waals surface area contributed by atoms with Gasteiger partial charge in [-0.15, -0.1) is 24.0 Å². The van der Waals surface area contributed by atoms with Gasteiger partial charge in [-0.2, -0.15) is 0 Å². The second kappa shape index (κ2) is 15.4. The number of rotatable bonds is 12. The Kier molecular flexibility index (Phi) is 16.8. The maximum atomic E-state index is 11.2. The normalized spacial score (nSPS) is 12.1. The summed E-state index contributed by atoms with van der Waals surface area (Å²) >= 11 is 0. The van der Waals surface area contributed by atoms with Crippen molar-refractivity contribution in [2.45, 2.75) is 33.6 Å². The molecule has 0 unspecified atom stereocenters. The Balaban J connectivity index is 0. The first-order valence-corrected chi connectivity index (χ1v) is 9.56.